The van der Waals surface area contributed by atoms with Crippen LogP contribution in [0.15, 0.2) is 66.7 Å². The molecule has 2 aromatic rings. The summed E-state index contributed by atoms with van der Waals surface area (Å²) < 4.78 is 9.99. The highest BCUT2D eigenvalue weighted by molar-refractivity contribution is 6.09. The summed E-state index contributed by atoms with van der Waals surface area (Å²) >= 11 is 0. The number of esters is 2. The molecule has 4 heteroatoms. The Morgan fingerprint density at radius 2 is 1.25 bits per heavy atom. The highest BCUT2D eigenvalue weighted by Crippen LogP contribution is 2.25. The molecule has 0 amide bonds. The first-order valence-corrected chi connectivity index (χ1v) is 9.68. The fourth-order valence-corrected chi connectivity index (χ4v) is 2.89. The van der Waals surface area contributed by atoms with E-state index in [1.54, 1.807) is 13.8 Å². The molecule has 0 N–H and O–H groups in total. The summed E-state index contributed by atoms with van der Waals surface area (Å²) in [6.45, 7) is 3.90. The molecule has 0 heterocycles. The van der Waals surface area contributed by atoms with E-state index in [1.165, 1.54) is 0 Å². The van der Waals surface area contributed by atoms with E-state index in [0.717, 1.165) is 23.1 Å². The first-order chi connectivity index (χ1) is 13.7. The summed E-state index contributed by atoms with van der Waals surface area (Å²) in [5.41, 5.74) is 3.40. The minimum absolute atomic E-state index is 0.0815. The fraction of sp³-hybridized carbons (Fsp3) is 0.292. The fourth-order valence-electron chi connectivity index (χ4n) is 2.89. The van der Waals surface area contributed by atoms with Gasteiger partial charge in [-0.15, -0.1) is 0 Å². The van der Waals surface area contributed by atoms with Crippen LogP contribution in [-0.2, 0) is 19.1 Å². The minimum Gasteiger partial charge on any atom is -0.465 e. The topological polar surface area (TPSA) is 52.6 Å². The standard InChI is InChI=1S/C24H27O4/c1-3-27-23(25)22(24(26)28-4-2)18-12-11-17-21(19-13-7-5-8-14-19)20-15-9-6-10-16-20/h5-10,13-17H,3-4,11-12,18H2,1-2H3. The number of allylic oxidation sites excluding steroid dienone is 1. The zero-order chi connectivity index (χ0) is 20.2. The number of benzene rings is 2. The first-order valence-electron chi connectivity index (χ1n) is 9.68. The minimum atomic E-state index is -0.587. The van der Waals surface area contributed by atoms with Gasteiger partial charge in [-0.1, -0.05) is 66.7 Å². The molecule has 0 aromatic heterocycles. The van der Waals surface area contributed by atoms with Gasteiger partial charge in [0, 0.05) is 0 Å². The van der Waals surface area contributed by atoms with Crippen LogP contribution in [0.3, 0.4) is 0 Å². The maximum absolute atomic E-state index is 12.1. The molecule has 0 aliphatic heterocycles. The van der Waals surface area contributed by atoms with Crippen LogP contribution in [0.5, 0.6) is 0 Å². The molecule has 1 radical (unpaired) electrons. The Hall–Kier alpha value is -2.88. The number of hydrogen-bond donors (Lipinski definition) is 0. The van der Waals surface area contributed by atoms with Crippen molar-refractivity contribution >= 4 is 17.5 Å². The van der Waals surface area contributed by atoms with Crippen LogP contribution in [0, 0.1) is 5.92 Å². The van der Waals surface area contributed by atoms with Crippen molar-refractivity contribution in [2.45, 2.75) is 33.1 Å². The largest absolute Gasteiger partial charge is 0.465 e. The lowest BCUT2D eigenvalue weighted by molar-refractivity contribution is -0.151. The molecule has 2 rings (SSSR count). The van der Waals surface area contributed by atoms with Crippen molar-refractivity contribution in [3.8, 4) is 0 Å². The van der Waals surface area contributed by atoms with Crippen molar-refractivity contribution in [2.24, 2.45) is 0 Å². The van der Waals surface area contributed by atoms with Gasteiger partial charge in [0.1, 0.15) is 0 Å². The second kappa shape index (κ2) is 11.8. The van der Waals surface area contributed by atoms with Crippen LogP contribution in [0.25, 0.3) is 5.57 Å². The van der Waals surface area contributed by atoms with Crippen molar-refractivity contribution in [3.63, 3.8) is 0 Å². The van der Waals surface area contributed by atoms with Crippen molar-refractivity contribution in [1.82, 2.24) is 0 Å². The number of ether oxygens (including phenoxy) is 2. The molecule has 0 saturated carbocycles. The molecular formula is C24H27O4. The molecule has 2 aromatic carbocycles. The predicted octanol–water partition coefficient (Wildman–Crippen LogP) is 4.99. The summed E-state index contributed by atoms with van der Waals surface area (Å²) in [4.78, 5) is 24.1. The van der Waals surface area contributed by atoms with Crippen molar-refractivity contribution < 1.29 is 19.1 Å². The van der Waals surface area contributed by atoms with Crippen LogP contribution < -0.4 is 0 Å². The van der Waals surface area contributed by atoms with Crippen LogP contribution in [0.1, 0.15) is 44.2 Å². The van der Waals surface area contributed by atoms with Gasteiger partial charge in [0.2, 0.25) is 0 Å². The second-order valence-electron chi connectivity index (χ2n) is 6.16. The van der Waals surface area contributed by atoms with Gasteiger partial charge in [-0.25, -0.2) is 0 Å². The Balaban J connectivity index is 2.09. The molecule has 0 aliphatic rings. The van der Waals surface area contributed by atoms with E-state index in [1.807, 2.05) is 36.4 Å². The maximum Gasteiger partial charge on any atom is 0.325 e. The van der Waals surface area contributed by atoms with Crippen molar-refractivity contribution in [1.29, 1.82) is 0 Å². The van der Waals surface area contributed by atoms with E-state index < -0.39 is 11.9 Å². The molecule has 0 unspecified atom stereocenters. The summed E-state index contributed by atoms with van der Waals surface area (Å²) in [6.07, 6.45) is 3.85. The molecular weight excluding hydrogens is 352 g/mol. The molecule has 0 spiro atoms. The summed E-state index contributed by atoms with van der Waals surface area (Å²) in [7, 11) is 0. The van der Waals surface area contributed by atoms with Gasteiger partial charge in [0.25, 0.3) is 0 Å². The van der Waals surface area contributed by atoms with E-state index in [-0.39, 0.29) is 19.1 Å². The van der Waals surface area contributed by atoms with Gasteiger partial charge < -0.3 is 9.47 Å². The molecule has 28 heavy (non-hydrogen) atoms. The van der Waals surface area contributed by atoms with Gasteiger partial charge in [-0.05, 0) is 49.8 Å². The van der Waals surface area contributed by atoms with Crippen molar-refractivity contribution in [2.75, 3.05) is 13.2 Å². The predicted molar refractivity (Wildman–Crippen MR) is 110 cm³/mol. The quantitative estimate of drug-likeness (QED) is 0.332. The Labute approximate surface area is 167 Å². The average molecular weight is 379 g/mol. The second-order valence-corrected chi connectivity index (χ2v) is 6.16. The van der Waals surface area contributed by atoms with Gasteiger partial charge in [-0.2, -0.15) is 0 Å². The Kier molecular flexibility index (Phi) is 8.99. The molecule has 0 saturated heterocycles. The smallest absolute Gasteiger partial charge is 0.325 e. The number of hydrogen-bond acceptors (Lipinski definition) is 4. The number of carbonyl (C=O) groups excluding carboxylic acids is 2. The van der Waals surface area contributed by atoms with Gasteiger partial charge in [-0.3, -0.25) is 9.59 Å². The Bertz CT molecular complexity index is 706. The van der Waals surface area contributed by atoms with E-state index in [2.05, 4.69) is 30.3 Å². The van der Waals surface area contributed by atoms with Crippen LogP contribution in [0.2, 0.25) is 0 Å². The lowest BCUT2D eigenvalue weighted by Crippen LogP contribution is -2.26. The Morgan fingerprint density at radius 1 is 0.786 bits per heavy atom. The zero-order valence-electron chi connectivity index (χ0n) is 16.5. The zero-order valence-corrected chi connectivity index (χ0v) is 16.5. The Morgan fingerprint density at radius 3 is 1.68 bits per heavy atom. The molecule has 0 aliphatic carbocycles. The molecule has 147 valence electrons. The summed E-state index contributed by atoms with van der Waals surface area (Å²) in [6, 6.07) is 20.3. The summed E-state index contributed by atoms with van der Waals surface area (Å²) in [5.74, 6) is -1.09. The molecule has 4 nitrogen and oxygen atoms in total. The van der Waals surface area contributed by atoms with E-state index in [0.29, 0.717) is 12.8 Å². The lowest BCUT2D eigenvalue weighted by Gasteiger charge is -2.13. The summed E-state index contributed by atoms with van der Waals surface area (Å²) in [5, 5.41) is 0. The molecule has 0 atom stereocenters. The van der Waals surface area contributed by atoms with Gasteiger partial charge in [0.15, 0.2) is 5.92 Å². The SMILES string of the molecule is CCOC(=O)[C](CCCC=C(c1ccccc1)c1ccccc1)C(=O)OCC. The van der Waals surface area contributed by atoms with E-state index >= 15 is 0 Å². The van der Waals surface area contributed by atoms with Crippen molar-refractivity contribution in [3.05, 3.63) is 83.8 Å². The number of carbonyl (C=O) groups is 2. The first kappa shape index (κ1) is 21.4. The number of rotatable bonds is 10. The highest BCUT2D eigenvalue weighted by Gasteiger charge is 2.30. The van der Waals surface area contributed by atoms with Gasteiger partial charge in [0.05, 0.1) is 13.2 Å². The van der Waals surface area contributed by atoms with E-state index in [4.69, 9.17) is 9.47 Å². The lowest BCUT2D eigenvalue weighted by atomic mass is 9.95. The van der Waals surface area contributed by atoms with Crippen LogP contribution in [0.4, 0.5) is 0 Å². The van der Waals surface area contributed by atoms with Crippen LogP contribution >= 0.6 is 0 Å². The molecule has 0 bridgehead atoms. The third-order valence-corrected chi connectivity index (χ3v) is 4.19. The molecule has 0 fully saturated rings. The monoisotopic (exact) mass is 379 g/mol. The van der Waals surface area contributed by atoms with Crippen LogP contribution in [-0.4, -0.2) is 25.2 Å². The van der Waals surface area contributed by atoms with Gasteiger partial charge >= 0.3 is 11.9 Å². The third kappa shape index (κ3) is 6.38. The normalized spacial score (nSPS) is 10.4. The van der Waals surface area contributed by atoms with E-state index in [9.17, 15) is 9.59 Å². The maximum atomic E-state index is 12.1. The number of unbranched alkanes of at least 4 members (excludes halogenated alkanes) is 1. The average Bonchev–Trinajstić information content (AvgIpc) is 2.72. The highest BCUT2D eigenvalue weighted by atomic mass is 16.6. The third-order valence-electron chi connectivity index (χ3n) is 4.19.